The van der Waals surface area contributed by atoms with Gasteiger partial charge in [0.25, 0.3) is 0 Å². The van der Waals surface area contributed by atoms with Gasteiger partial charge in [0.1, 0.15) is 24.1 Å². The minimum absolute atomic E-state index is 0.509. The summed E-state index contributed by atoms with van der Waals surface area (Å²) in [5.74, 6) is -4.13. The van der Waals surface area contributed by atoms with Gasteiger partial charge in [0.05, 0.1) is 19.1 Å². The van der Waals surface area contributed by atoms with Crippen LogP contribution >= 0.6 is 0 Å². The summed E-state index contributed by atoms with van der Waals surface area (Å²) >= 11 is 0. The molecule has 1 heterocycles. The highest BCUT2D eigenvalue weighted by atomic mass is 16.7. The Bertz CT molecular complexity index is 345. The number of rotatable bonds is 4. The minimum atomic E-state index is -2.60. The average Bonchev–Trinajstić information content (AvgIpc) is 2.30. The van der Waals surface area contributed by atoms with Crippen molar-refractivity contribution in [3.05, 3.63) is 0 Å². The van der Waals surface area contributed by atoms with Gasteiger partial charge >= 0.3 is 0 Å². The van der Waals surface area contributed by atoms with Crippen LogP contribution in [0.1, 0.15) is 13.3 Å². The summed E-state index contributed by atoms with van der Waals surface area (Å²) in [7, 11) is 0. The lowest BCUT2D eigenvalue weighted by Crippen LogP contribution is -2.71. The molecule has 1 saturated heterocycles. The maximum atomic E-state index is 11.7. The standard InChI is InChI=1S/C10H17NO7/c1-4(13)2-6(14)10(17)9(11)8(16)7(15)5(3-12)18-10/h5,7-9,12,15-17H,2-3,11H2,1H3/t5-,7-,8+,9-,10?/m1/s1. The van der Waals surface area contributed by atoms with E-state index in [-0.39, 0.29) is 0 Å². The van der Waals surface area contributed by atoms with Gasteiger partial charge in [0, 0.05) is 0 Å². The van der Waals surface area contributed by atoms with Gasteiger partial charge in [-0.15, -0.1) is 0 Å². The highest BCUT2D eigenvalue weighted by molar-refractivity contribution is 6.01. The molecular weight excluding hydrogens is 246 g/mol. The number of hydrogen-bond donors (Lipinski definition) is 5. The first kappa shape index (κ1) is 15.2. The Labute approximate surface area is 103 Å². The van der Waals surface area contributed by atoms with Gasteiger partial charge in [-0.2, -0.15) is 0 Å². The summed E-state index contributed by atoms with van der Waals surface area (Å²) in [5.41, 5.74) is 5.44. The average molecular weight is 263 g/mol. The van der Waals surface area contributed by atoms with Crippen molar-refractivity contribution >= 4 is 11.6 Å². The van der Waals surface area contributed by atoms with Crippen LogP contribution in [0.4, 0.5) is 0 Å². The predicted molar refractivity (Wildman–Crippen MR) is 57.2 cm³/mol. The summed E-state index contributed by atoms with van der Waals surface area (Å²) in [5, 5.41) is 38.1. The first-order chi connectivity index (χ1) is 8.24. The van der Waals surface area contributed by atoms with Gasteiger partial charge in [-0.25, -0.2) is 0 Å². The van der Waals surface area contributed by atoms with E-state index in [1.807, 2.05) is 0 Å². The van der Waals surface area contributed by atoms with Crippen LogP contribution < -0.4 is 5.73 Å². The molecular formula is C10H17NO7. The predicted octanol–water partition coefficient (Wildman–Crippen LogP) is -3.34. The van der Waals surface area contributed by atoms with E-state index in [9.17, 15) is 24.9 Å². The Morgan fingerprint density at radius 1 is 1.33 bits per heavy atom. The highest BCUT2D eigenvalue weighted by Gasteiger charge is 2.55. The van der Waals surface area contributed by atoms with Crippen molar-refractivity contribution in [2.45, 2.75) is 43.5 Å². The molecule has 18 heavy (non-hydrogen) atoms. The van der Waals surface area contributed by atoms with E-state index in [1.165, 1.54) is 0 Å². The van der Waals surface area contributed by atoms with Crippen LogP contribution in [-0.2, 0) is 14.3 Å². The van der Waals surface area contributed by atoms with Gasteiger partial charge in [-0.05, 0) is 6.92 Å². The number of aliphatic hydroxyl groups is 4. The molecule has 0 amide bonds. The smallest absolute Gasteiger partial charge is 0.245 e. The molecule has 0 spiro atoms. The maximum absolute atomic E-state index is 11.7. The summed E-state index contributed by atoms with van der Waals surface area (Å²) in [6.45, 7) is 0.422. The topological polar surface area (TPSA) is 150 Å². The van der Waals surface area contributed by atoms with Crippen molar-refractivity contribution in [2.24, 2.45) is 5.73 Å². The molecule has 1 aliphatic rings. The van der Waals surface area contributed by atoms with Crippen LogP contribution in [0.2, 0.25) is 0 Å². The molecule has 1 unspecified atom stereocenters. The molecule has 0 aromatic rings. The van der Waals surface area contributed by atoms with Crippen LogP contribution in [0.5, 0.6) is 0 Å². The summed E-state index contributed by atoms with van der Waals surface area (Å²) < 4.78 is 4.85. The van der Waals surface area contributed by atoms with Crippen molar-refractivity contribution in [3.8, 4) is 0 Å². The van der Waals surface area contributed by atoms with E-state index < -0.39 is 54.7 Å². The molecule has 1 fully saturated rings. The monoisotopic (exact) mass is 263 g/mol. The minimum Gasteiger partial charge on any atom is -0.394 e. The Hall–Kier alpha value is -0.900. The quantitative estimate of drug-likeness (QED) is 0.330. The van der Waals surface area contributed by atoms with E-state index in [1.54, 1.807) is 0 Å². The van der Waals surface area contributed by atoms with Crippen molar-refractivity contribution in [1.82, 2.24) is 0 Å². The van der Waals surface area contributed by atoms with Crippen LogP contribution in [0.25, 0.3) is 0 Å². The van der Waals surface area contributed by atoms with Crippen LogP contribution in [0, 0.1) is 0 Å². The molecule has 1 rings (SSSR count). The van der Waals surface area contributed by atoms with E-state index >= 15 is 0 Å². The van der Waals surface area contributed by atoms with Gasteiger partial charge in [-0.3, -0.25) is 9.59 Å². The molecule has 0 aliphatic carbocycles. The molecule has 8 heteroatoms. The summed E-state index contributed by atoms with van der Waals surface area (Å²) in [6, 6.07) is -1.61. The molecule has 0 saturated carbocycles. The number of hydrogen-bond acceptors (Lipinski definition) is 8. The number of ether oxygens (including phenoxy) is 1. The van der Waals surface area contributed by atoms with Gasteiger partial charge in [-0.1, -0.05) is 0 Å². The van der Waals surface area contributed by atoms with Gasteiger partial charge in [0.15, 0.2) is 0 Å². The Morgan fingerprint density at radius 3 is 2.33 bits per heavy atom. The molecule has 5 atom stereocenters. The maximum Gasteiger partial charge on any atom is 0.245 e. The van der Waals surface area contributed by atoms with Crippen molar-refractivity contribution in [1.29, 1.82) is 0 Å². The number of Topliss-reactive ketones (excluding diaryl/α,β-unsaturated/α-hetero) is 2. The molecule has 104 valence electrons. The lowest BCUT2D eigenvalue weighted by Gasteiger charge is -2.45. The molecule has 0 aromatic heterocycles. The third-order valence-electron chi connectivity index (χ3n) is 2.87. The lowest BCUT2D eigenvalue weighted by molar-refractivity contribution is -0.297. The Morgan fingerprint density at radius 2 is 1.89 bits per heavy atom. The van der Waals surface area contributed by atoms with E-state index in [2.05, 4.69) is 0 Å². The second-order valence-electron chi connectivity index (χ2n) is 4.34. The largest absolute Gasteiger partial charge is 0.394 e. The normalized spacial score (nSPS) is 40.6. The second kappa shape index (κ2) is 5.39. The number of nitrogens with two attached hydrogens (primary N) is 1. The van der Waals surface area contributed by atoms with Crippen molar-refractivity contribution < 1.29 is 34.8 Å². The third kappa shape index (κ3) is 2.58. The van der Waals surface area contributed by atoms with Crippen LogP contribution in [-0.4, -0.2) is 68.7 Å². The van der Waals surface area contributed by atoms with Gasteiger partial charge in [0.2, 0.25) is 11.6 Å². The van der Waals surface area contributed by atoms with E-state index in [0.29, 0.717) is 0 Å². The first-order valence-electron chi connectivity index (χ1n) is 5.39. The van der Waals surface area contributed by atoms with E-state index in [0.717, 1.165) is 6.92 Å². The fourth-order valence-electron chi connectivity index (χ4n) is 1.79. The Kier molecular flexibility index (Phi) is 4.54. The molecule has 1 aliphatic heterocycles. The zero-order chi connectivity index (χ0) is 14.1. The second-order valence-corrected chi connectivity index (χ2v) is 4.34. The molecule has 0 radical (unpaired) electrons. The first-order valence-corrected chi connectivity index (χ1v) is 5.39. The molecule has 0 bridgehead atoms. The van der Waals surface area contributed by atoms with Crippen LogP contribution in [0.15, 0.2) is 0 Å². The third-order valence-corrected chi connectivity index (χ3v) is 2.87. The summed E-state index contributed by atoms with van der Waals surface area (Å²) in [4.78, 5) is 22.6. The fourth-order valence-corrected chi connectivity index (χ4v) is 1.79. The lowest BCUT2D eigenvalue weighted by atomic mass is 9.87. The van der Waals surface area contributed by atoms with Gasteiger partial charge < -0.3 is 30.9 Å². The van der Waals surface area contributed by atoms with Crippen LogP contribution in [0.3, 0.4) is 0 Å². The summed E-state index contributed by atoms with van der Waals surface area (Å²) in [6.07, 6.45) is -5.17. The number of carbonyl (C=O) groups excluding carboxylic acids is 2. The van der Waals surface area contributed by atoms with Crippen molar-refractivity contribution in [3.63, 3.8) is 0 Å². The SMILES string of the molecule is CC(=O)CC(=O)C1(O)O[C@H](CO)[C@@H](O)[C@H](O)[C@H]1N. The van der Waals surface area contributed by atoms with E-state index in [4.69, 9.17) is 15.6 Å². The molecule has 8 nitrogen and oxygen atoms in total. The number of aliphatic hydroxyl groups excluding tert-OH is 3. The molecule has 0 aromatic carbocycles. The highest BCUT2D eigenvalue weighted by Crippen LogP contribution is 2.28. The Balaban J connectivity index is 2.98. The molecule has 6 N–H and O–H groups in total. The number of carbonyl (C=O) groups is 2. The van der Waals surface area contributed by atoms with Crippen molar-refractivity contribution in [2.75, 3.05) is 6.61 Å². The number of ketones is 2. The fraction of sp³-hybridized carbons (Fsp3) is 0.800. The zero-order valence-electron chi connectivity index (χ0n) is 9.81. The zero-order valence-corrected chi connectivity index (χ0v) is 9.81.